The summed E-state index contributed by atoms with van der Waals surface area (Å²) >= 11 is 0. The van der Waals surface area contributed by atoms with Crippen molar-refractivity contribution in [2.45, 2.75) is 25.7 Å². The second-order valence-electron chi connectivity index (χ2n) is 4.80. The van der Waals surface area contributed by atoms with Gasteiger partial charge in [-0.25, -0.2) is 0 Å². The van der Waals surface area contributed by atoms with Gasteiger partial charge in [0.15, 0.2) is 0 Å². The van der Waals surface area contributed by atoms with Crippen molar-refractivity contribution < 1.29 is 14.3 Å². The van der Waals surface area contributed by atoms with E-state index in [1.807, 2.05) is 18.2 Å². The van der Waals surface area contributed by atoms with Crippen molar-refractivity contribution in [1.29, 1.82) is 0 Å². The summed E-state index contributed by atoms with van der Waals surface area (Å²) in [7, 11) is 1.60. The second-order valence-corrected chi connectivity index (χ2v) is 4.80. The van der Waals surface area contributed by atoms with Gasteiger partial charge in [0.1, 0.15) is 0 Å². The Morgan fingerprint density at radius 3 is 2.19 bits per heavy atom. The molecular weight excluding hydrogens is 268 g/mol. The number of aryl methyl sites for hydroxylation is 1. The highest BCUT2D eigenvalue weighted by atomic mass is 16.5. The number of carbonyl (C=O) groups excluding carboxylic acids is 2. The fraction of sp³-hybridized carbons (Fsp3) is 0.500. The largest absolute Gasteiger partial charge is 0.385 e. The third kappa shape index (κ3) is 8.09. The van der Waals surface area contributed by atoms with E-state index in [-0.39, 0.29) is 0 Å². The van der Waals surface area contributed by atoms with Crippen LogP contribution in [-0.2, 0) is 20.7 Å². The third-order valence-electron chi connectivity index (χ3n) is 3.04. The summed E-state index contributed by atoms with van der Waals surface area (Å²) in [5.41, 5.74) is 1.29. The summed E-state index contributed by atoms with van der Waals surface area (Å²) in [5, 5.41) is 5.18. The van der Waals surface area contributed by atoms with Crippen molar-refractivity contribution in [1.82, 2.24) is 10.6 Å². The molecule has 0 aliphatic rings. The number of ether oxygens (including phenoxy) is 1. The van der Waals surface area contributed by atoms with E-state index in [2.05, 4.69) is 22.8 Å². The van der Waals surface area contributed by atoms with Crippen LogP contribution in [0.4, 0.5) is 0 Å². The Balaban J connectivity index is 2.03. The molecule has 0 aliphatic carbocycles. The Morgan fingerprint density at radius 1 is 0.952 bits per heavy atom. The molecule has 0 unspecified atom stereocenters. The molecule has 0 fully saturated rings. The van der Waals surface area contributed by atoms with Crippen molar-refractivity contribution in [3.8, 4) is 0 Å². The first-order chi connectivity index (χ1) is 10.2. The minimum Gasteiger partial charge on any atom is -0.385 e. The molecule has 5 nitrogen and oxygen atoms in total. The number of methoxy groups -OCH3 is 1. The molecule has 1 rings (SSSR count). The highest BCUT2D eigenvalue weighted by Crippen LogP contribution is 2.03. The molecule has 5 heteroatoms. The second kappa shape index (κ2) is 10.9. The Kier molecular flexibility index (Phi) is 8.88. The van der Waals surface area contributed by atoms with Gasteiger partial charge in [-0.3, -0.25) is 9.59 Å². The summed E-state index contributed by atoms with van der Waals surface area (Å²) in [5.74, 6) is -1.14. The number of carbonyl (C=O) groups is 2. The van der Waals surface area contributed by atoms with Gasteiger partial charge in [0.25, 0.3) is 0 Å². The molecule has 0 aromatic heterocycles. The first-order valence-corrected chi connectivity index (χ1v) is 7.33. The van der Waals surface area contributed by atoms with Gasteiger partial charge in [-0.15, -0.1) is 0 Å². The zero-order chi connectivity index (χ0) is 15.3. The van der Waals surface area contributed by atoms with Gasteiger partial charge in [0, 0.05) is 26.8 Å². The molecular formula is C16H24N2O3. The van der Waals surface area contributed by atoms with Crippen molar-refractivity contribution in [3.63, 3.8) is 0 Å². The zero-order valence-corrected chi connectivity index (χ0v) is 12.6. The SMILES string of the molecule is COCCCNC(=O)C(=O)NCCCCc1ccccc1. The molecule has 0 aliphatic heterocycles. The van der Waals surface area contributed by atoms with E-state index < -0.39 is 11.8 Å². The lowest BCUT2D eigenvalue weighted by atomic mass is 10.1. The van der Waals surface area contributed by atoms with Crippen molar-refractivity contribution in [2.75, 3.05) is 26.8 Å². The fourth-order valence-corrected chi connectivity index (χ4v) is 1.88. The molecule has 0 saturated carbocycles. The van der Waals surface area contributed by atoms with Crippen molar-refractivity contribution in [3.05, 3.63) is 35.9 Å². The van der Waals surface area contributed by atoms with E-state index in [1.54, 1.807) is 7.11 Å². The monoisotopic (exact) mass is 292 g/mol. The van der Waals surface area contributed by atoms with Crippen molar-refractivity contribution in [2.24, 2.45) is 0 Å². The van der Waals surface area contributed by atoms with E-state index in [0.717, 1.165) is 19.3 Å². The number of hydrogen-bond donors (Lipinski definition) is 2. The summed E-state index contributed by atoms with van der Waals surface area (Å²) < 4.78 is 4.86. The Hall–Kier alpha value is -1.88. The van der Waals surface area contributed by atoms with E-state index in [1.165, 1.54) is 5.56 Å². The first-order valence-electron chi connectivity index (χ1n) is 7.33. The van der Waals surface area contributed by atoms with Crippen LogP contribution in [0.15, 0.2) is 30.3 Å². The van der Waals surface area contributed by atoms with Gasteiger partial charge in [0.2, 0.25) is 0 Å². The topological polar surface area (TPSA) is 67.4 Å². The maximum Gasteiger partial charge on any atom is 0.309 e. The van der Waals surface area contributed by atoms with Gasteiger partial charge in [-0.2, -0.15) is 0 Å². The number of rotatable bonds is 9. The van der Waals surface area contributed by atoms with E-state index in [9.17, 15) is 9.59 Å². The maximum absolute atomic E-state index is 11.5. The third-order valence-corrected chi connectivity index (χ3v) is 3.04. The van der Waals surface area contributed by atoms with Crippen molar-refractivity contribution >= 4 is 11.8 Å². The molecule has 0 saturated heterocycles. The highest BCUT2D eigenvalue weighted by molar-refractivity contribution is 6.35. The van der Waals surface area contributed by atoms with Crippen LogP contribution < -0.4 is 10.6 Å². The minimum absolute atomic E-state index is 0.452. The van der Waals surface area contributed by atoms with Crippen LogP contribution in [0.1, 0.15) is 24.8 Å². The normalized spacial score (nSPS) is 10.1. The number of nitrogens with one attached hydrogen (secondary N) is 2. The quantitative estimate of drug-likeness (QED) is 0.532. The lowest BCUT2D eigenvalue weighted by molar-refractivity contribution is -0.139. The molecule has 0 radical (unpaired) electrons. The molecule has 1 aromatic carbocycles. The van der Waals surface area contributed by atoms with E-state index in [4.69, 9.17) is 4.74 Å². The van der Waals surface area contributed by atoms with Gasteiger partial charge in [-0.05, 0) is 31.2 Å². The zero-order valence-electron chi connectivity index (χ0n) is 12.6. The smallest absolute Gasteiger partial charge is 0.309 e. The Labute approximate surface area is 126 Å². The molecule has 0 heterocycles. The standard InChI is InChI=1S/C16H24N2O3/c1-21-13-7-12-18-16(20)15(19)17-11-6-5-10-14-8-3-2-4-9-14/h2-4,8-9H,5-7,10-13H2,1H3,(H,17,19)(H,18,20). The Bertz CT molecular complexity index is 421. The minimum atomic E-state index is -0.575. The number of amides is 2. The Morgan fingerprint density at radius 2 is 1.57 bits per heavy atom. The fourth-order valence-electron chi connectivity index (χ4n) is 1.88. The average Bonchev–Trinajstić information content (AvgIpc) is 2.52. The molecule has 2 amide bonds. The highest BCUT2D eigenvalue weighted by Gasteiger charge is 2.11. The van der Waals surface area contributed by atoms with Crippen LogP contribution in [-0.4, -0.2) is 38.6 Å². The van der Waals surface area contributed by atoms with E-state index in [0.29, 0.717) is 26.1 Å². The molecule has 1 aromatic rings. The van der Waals surface area contributed by atoms with Crippen LogP contribution in [0.5, 0.6) is 0 Å². The summed E-state index contributed by atoms with van der Waals surface area (Å²) in [6.07, 6.45) is 3.53. The van der Waals surface area contributed by atoms with Crippen LogP contribution in [0.25, 0.3) is 0 Å². The predicted molar refractivity (Wildman–Crippen MR) is 81.9 cm³/mol. The molecule has 2 N–H and O–H groups in total. The van der Waals surface area contributed by atoms with Gasteiger partial charge < -0.3 is 15.4 Å². The van der Waals surface area contributed by atoms with Crippen LogP contribution in [0, 0.1) is 0 Å². The molecule has 0 spiro atoms. The molecule has 0 atom stereocenters. The van der Waals surface area contributed by atoms with Crippen LogP contribution in [0.3, 0.4) is 0 Å². The number of unbranched alkanes of at least 4 members (excludes halogenated alkanes) is 1. The first kappa shape index (κ1) is 17.2. The van der Waals surface area contributed by atoms with E-state index >= 15 is 0 Å². The van der Waals surface area contributed by atoms with Crippen LogP contribution >= 0.6 is 0 Å². The van der Waals surface area contributed by atoms with Gasteiger partial charge >= 0.3 is 11.8 Å². The van der Waals surface area contributed by atoms with Gasteiger partial charge in [-0.1, -0.05) is 30.3 Å². The average molecular weight is 292 g/mol. The molecule has 0 bridgehead atoms. The summed E-state index contributed by atoms with van der Waals surface area (Å²) in [6.45, 7) is 1.55. The summed E-state index contributed by atoms with van der Waals surface area (Å²) in [4.78, 5) is 22.9. The number of hydrogen-bond acceptors (Lipinski definition) is 3. The predicted octanol–water partition coefficient (Wildman–Crippen LogP) is 1.28. The van der Waals surface area contributed by atoms with Gasteiger partial charge in [0.05, 0.1) is 0 Å². The molecule has 116 valence electrons. The summed E-state index contributed by atoms with van der Waals surface area (Å²) in [6, 6.07) is 10.2. The maximum atomic E-state index is 11.5. The lowest BCUT2D eigenvalue weighted by Crippen LogP contribution is -2.40. The lowest BCUT2D eigenvalue weighted by Gasteiger charge is -2.06. The molecule has 21 heavy (non-hydrogen) atoms. The van der Waals surface area contributed by atoms with Crippen LogP contribution in [0.2, 0.25) is 0 Å². The number of benzene rings is 1.